The summed E-state index contributed by atoms with van der Waals surface area (Å²) in [4.78, 5) is 0. The summed E-state index contributed by atoms with van der Waals surface area (Å²) in [6.45, 7) is 0. The molecule has 0 fully saturated rings. The summed E-state index contributed by atoms with van der Waals surface area (Å²) in [6.07, 6.45) is 3.36. The lowest BCUT2D eigenvalue weighted by Crippen LogP contribution is -1.93. The second-order valence-corrected chi connectivity index (χ2v) is 4.33. The molecule has 0 aliphatic rings. The van der Waals surface area contributed by atoms with E-state index in [4.69, 9.17) is 19.7 Å². The number of nitrogens with one attached hydrogen (secondary N) is 1. The van der Waals surface area contributed by atoms with E-state index in [1.807, 2.05) is 12.1 Å². The van der Waals surface area contributed by atoms with Gasteiger partial charge in [0.2, 0.25) is 0 Å². The maximum absolute atomic E-state index is 5.93. The lowest BCUT2D eigenvalue weighted by Gasteiger charge is -2.09. The summed E-state index contributed by atoms with van der Waals surface area (Å²) in [6, 6.07) is 5.50. The van der Waals surface area contributed by atoms with Crippen LogP contribution >= 0.6 is 0 Å². The maximum atomic E-state index is 5.93. The van der Waals surface area contributed by atoms with Crippen molar-refractivity contribution < 1.29 is 14.0 Å². The van der Waals surface area contributed by atoms with Crippen LogP contribution < -0.4 is 15.2 Å². The third kappa shape index (κ3) is 2.18. The predicted octanol–water partition coefficient (Wildman–Crippen LogP) is 2.33. The highest BCUT2D eigenvalue weighted by Crippen LogP contribution is 2.39. The van der Waals surface area contributed by atoms with Gasteiger partial charge in [-0.25, -0.2) is 0 Å². The Balaban J connectivity index is 2.15. The molecule has 0 unspecified atom stereocenters. The zero-order chi connectivity index (χ0) is 14.8. The van der Waals surface area contributed by atoms with Crippen molar-refractivity contribution in [3.63, 3.8) is 0 Å². The van der Waals surface area contributed by atoms with Crippen LogP contribution in [0, 0.1) is 0 Å². The molecule has 3 rings (SSSR count). The van der Waals surface area contributed by atoms with E-state index in [1.165, 1.54) is 0 Å². The molecule has 3 N–H and O–H groups in total. The van der Waals surface area contributed by atoms with Crippen molar-refractivity contribution in [1.82, 2.24) is 15.4 Å². The van der Waals surface area contributed by atoms with Crippen LogP contribution in [0.15, 0.2) is 35.1 Å². The molecule has 0 radical (unpaired) electrons. The first-order valence-electron chi connectivity index (χ1n) is 6.21. The van der Waals surface area contributed by atoms with Crippen LogP contribution in [-0.4, -0.2) is 29.6 Å². The molecule has 7 heteroatoms. The van der Waals surface area contributed by atoms with Gasteiger partial charge >= 0.3 is 0 Å². The number of hydrogen-bond acceptors (Lipinski definition) is 6. The quantitative estimate of drug-likeness (QED) is 0.763. The molecule has 1 aromatic carbocycles. The van der Waals surface area contributed by atoms with Gasteiger partial charge in [0.1, 0.15) is 0 Å². The van der Waals surface area contributed by atoms with Gasteiger partial charge in [-0.2, -0.15) is 5.10 Å². The fourth-order valence-electron chi connectivity index (χ4n) is 2.15. The van der Waals surface area contributed by atoms with Gasteiger partial charge in [-0.05, 0) is 17.7 Å². The van der Waals surface area contributed by atoms with E-state index in [9.17, 15) is 0 Å². The number of aromatic nitrogens is 3. The Bertz CT molecular complexity index is 750. The van der Waals surface area contributed by atoms with E-state index in [-0.39, 0.29) is 0 Å². The average Bonchev–Trinajstić information content (AvgIpc) is 3.15. The second-order valence-electron chi connectivity index (χ2n) is 4.33. The normalized spacial score (nSPS) is 10.6. The smallest absolute Gasteiger partial charge is 0.180 e. The van der Waals surface area contributed by atoms with Gasteiger partial charge in [-0.1, -0.05) is 11.2 Å². The molecule has 0 saturated heterocycles. The number of anilines is 1. The topological polar surface area (TPSA) is 99.2 Å². The average molecular weight is 286 g/mol. The van der Waals surface area contributed by atoms with Gasteiger partial charge in [-0.3, -0.25) is 5.10 Å². The van der Waals surface area contributed by atoms with Crippen molar-refractivity contribution in [2.75, 3.05) is 20.0 Å². The molecule has 2 heterocycles. The van der Waals surface area contributed by atoms with Gasteiger partial charge < -0.3 is 19.7 Å². The summed E-state index contributed by atoms with van der Waals surface area (Å²) in [5.41, 5.74) is 8.22. The molecule has 7 nitrogen and oxygen atoms in total. The summed E-state index contributed by atoms with van der Waals surface area (Å²) < 4.78 is 15.9. The first kappa shape index (κ1) is 13.0. The Morgan fingerprint density at radius 2 is 1.95 bits per heavy atom. The number of methoxy groups -OCH3 is 2. The van der Waals surface area contributed by atoms with Crippen molar-refractivity contribution in [2.45, 2.75) is 0 Å². The lowest BCUT2D eigenvalue weighted by molar-refractivity contribution is 0.355. The van der Waals surface area contributed by atoms with Crippen LogP contribution in [0.1, 0.15) is 0 Å². The predicted molar refractivity (Wildman–Crippen MR) is 77.0 cm³/mol. The number of hydrogen-bond donors (Lipinski definition) is 2. The number of nitrogen functional groups attached to an aromatic ring is 1. The monoisotopic (exact) mass is 286 g/mol. The first-order chi connectivity index (χ1) is 10.2. The van der Waals surface area contributed by atoms with E-state index in [0.29, 0.717) is 28.6 Å². The van der Waals surface area contributed by atoms with E-state index in [2.05, 4.69) is 15.4 Å². The molecule has 0 atom stereocenters. The zero-order valence-corrected chi connectivity index (χ0v) is 11.6. The van der Waals surface area contributed by atoms with Gasteiger partial charge in [-0.15, -0.1) is 0 Å². The summed E-state index contributed by atoms with van der Waals surface area (Å²) in [5.74, 6) is 2.10. The summed E-state index contributed by atoms with van der Waals surface area (Å²) >= 11 is 0. The zero-order valence-electron chi connectivity index (χ0n) is 11.6. The highest BCUT2D eigenvalue weighted by atomic mass is 16.5. The molecule has 0 amide bonds. The molecule has 108 valence electrons. The summed E-state index contributed by atoms with van der Waals surface area (Å²) in [7, 11) is 3.16. The van der Waals surface area contributed by atoms with E-state index < -0.39 is 0 Å². The largest absolute Gasteiger partial charge is 0.493 e. The minimum Gasteiger partial charge on any atom is -0.493 e. The van der Waals surface area contributed by atoms with Crippen molar-refractivity contribution in [3.05, 3.63) is 30.6 Å². The maximum Gasteiger partial charge on any atom is 0.180 e. The summed E-state index contributed by atoms with van der Waals surface area (Å²) in [5, 5.41) is 10.5. The third-order valence-corrected chi connectivity index (χ3v) is 3.15. The third-order valence-electron chi connectivity index (χ3n) is 3.15. The highest BCUT2D eigenvalue weighted by molar-refractivity contribution is 5.87. The Morgan fingerprint density at radius 1 is 1.14 bits per heavy atom. The Morgan fingerprint density at radius 3 is 2.62 bits per heavy atom. The number of ether oxygens (including phenoxy) is 2. The fraction of sp³-hybridized carbons (Fsp3) is 0.143. The number of nitrogens with zero attached hydrogens (tertiary/aromatic N) is 2. The molecule has 0 bridgehead atoms. The van der Waals surface area contributed by atoms with Crippen LogP contribution in [-0.2, 0) is 0 Å². The molecular weight excluding hydrogens is 272 g/mol. The van der Waals surface area contributed by atoms with Crippen LogP contribution in [0.25, 0.3) is 22.5 Å². The number of benzene rings is 1. The van der Waals surface area contributed by atoms with Crippen LogP contribution in [0.3, 0.4) is 0 Å². The lowest BCUT2D eigenvalue weighted by atomic mass is 10.0. The molecule has 0 saturated carbocycles. The van der Waals surface area contributed by atoms with Crippen LogP contribution in [0.4, 0.5) is 5.82 Å². The van der Waals surface area contributed by atoms with E-state index in [1.54, 1.807) is 32.7 Å². The van der Waals surface area contributed by atoms with Crippen molar-refractivity contribution in [1.29, 1.82) is 0 Å². The highest BCUT2D eigenvalue weighted by Gasteiger charge is 2.19. The number of H-pyrrole nitrogens is 1. The first-order valence-corrected chi connectivity index (χ1v) is 6.21. The van der Waals surface area contributed by atoms with Gasteiger partial charge in [0.25, 0.3) is 0 Å². The molecule has 2 aromatic heterocycles. The SMILES string of the molecule is COc1ccc(-c2c(N)noc2-c2cn[nH]c2)cc1OC. The Labute approximate surface area is 120 Å². The van der Waals surface area contributed by atoms with Crippen LogP contribution in [0.2, 0.25) is 0 Å². The minimum absolute atomic E-state index is 0.304. The van der Waals surface area contributed by atoms with Gasteiger partial charge in [0.05, 0.1) is 31.5 Å². The number of aromatic amines is 1. The number of nitrogens with two attached hydrogens (primary N) is 1. The van der Waals surface area contributed by atoms with Crippen molar-refractivity contribution in [2.24, 2.45) is 0 Å². The Hall–Kier alpha value is -2.96. The van der Waals surface area contributed by atoms with Gasteiger partial charge in [0.15, 0.2) is 23.1 Å². The van der Waals surface area contributed by atoms with Crippen molar-refractivity contribution >= 4 is 5.82 Å². The fourth-order valence-corrected chi connectivity index (χ4v) is 2.15. The molecule has 21 heavy (non-hydrogen) atoms. The molecule has 0 aliphatic heterocycles. The number of rotatable bonds is 4. The van der Waals surface area contributed by atoms with E-state index >= 15 is 0 Å². The molecule has 0 spiro atoms. The minimum atomic E-state index is 0.304. The molecular formula is C14H14N4O3. The molecule has 3 aromatic rings. The van der Waals surface area contributed by atoms with Gasteiger partial charge in [0, 0.05) is 6.20 Å². The Kier molecular flexibility index (Phi) is 3.23. The van der Waals surface area contributed by atoms with E-state index in [0.717, 1.165) is 11.1 Å². The molecule has 0 aliphatic carbocycles. The van der Waals surface area contributed by atoms with Crippen molar-refractivity contribution in [3.8, 4) is 33.9 Å². The van der Waals surface area contributed by atoms with Crippen LogP contribution in [0.5, 0.6) is 11.5 Å². The second kappa shape index (κ2) is 5.20. The standard InChI is InChI=1S/C14H14N4O3/c1-19-10-4-3-8(5-11(10)20-2)12-13(21-18-14(12)15)9-6-16-17-7-9/h3-7H,1-2H3,(H2,15,18)(H,16,17).